The Hall–Kier alpha value is -2.54. The van der Waals surface area contributed by atoms with Crippen LogP contribution in [0.25, 0.3) is 0 Å². The van der Waals surface area contributed by atoms with Crippen LogP contribution in [0.5, 0.6) is 5.75 Å². The Morgan fingerprint density at radius 1 is 1.31 bits per heavy atom. The number of amides is 2. The highest BCUT2D eigenvalue weighted by Crippen LogP contribution is 2.20. The number of hydrogen-bond acceptors (Lipinski definition) is 4. The first-order valence-corrected chi connectivity index (χ1v) is 9.07. The number of anilines is 1. The molecule has 140 valence electrons. The van der Waals surface area contributed by atoms with Gasteiger partial charge in [-0.05, 0) is 51.1 Å². The highest BCUT2D eigenvalue weighted by molar-refractivity contribution is 5.89. The van der Waals surface area contributed by atoms with E-state index >= 15 is 0 Å². The summed E-state index contributed by atoms with van der Waals surface area (Å²) in [7, 11) is 2.14. The van der Waals surface area contributed by atoms with Crippen LogP contribution < -0.4 is 15.4 Å². The van der Waals surface area contributed by atoms with Gasteiger partial charge in [0, 0.05) is 43.8 Å². The molecule has 0 saturated carbocycles. The first-order valence-electron chi connectivity index (χ1n) is 9.07. The number of urea groups is 1. The SMILES string of the molecule is C[C@H](CNC(=O)Nc1ccc(OC2CCN(C)CC2)cc1)n1ccnc1. The zero-order chi connectivity index (χ0) is 18.4. The van der Waals surface area contributed by atoms with Gasteiger partial charge in [-0.15, -0.1) is 0 Å². The van der Waals surface area contributed by atoms with E-state index in [4.69, 9.17) is 4.74 Å². The molecule has 1 aromatic heterocycles. The maximum Gasteiger partial charge on any atom is 0.319 e. The van der Waals surface area contributed by atoms with E-state index in [2.05, 4.69) is 27.6 Å². The third kappa shape index (κ3) is 5.23. The minimum absolute atomic E-state index is 0.147. The molecular weight excluding hydrogens is 330 g/mol. The van der Waals surface area contributed by atoms with E-state index in [1.165, 1.54) is 0 Å². The van der Waals surface area contributed by atoms with Crippen molar-refractivity contribution in [2.24, 2.45) is 0 Å². The summed E-state index contributed by atoms with van der Waals surface area (Å²) in [6.07, 6.45) is 7.73. The zero-order valence-corrected chi connectivity index (χ0v) is 15.4. The molecule has 1 fully saturated rings. The van der Waals surface area contributed by atoms with Gasteiger partial charge in [-0.2, -0.15) is 0 Å². The Kier molecular flexibility index (Phi) is 6.12. The number of hydrogen-bond donors (Lipinski definition) is 2. The van der Waals surface area contributed by atoms with E-state index in [1.807, 2.05) is 42.0 Å². The van der Waals surface area contributed by atoms with Crippen molar-refractivity contribution in [2.45, 2.75) is 31.9 Å². The number of ether oxygens (including phenoxy) is 1. The summed E-state index contributed by atoms with van der Waals surface area (Å²) in [4.78, 5) is 18.4. The average molecular weight is 357 g/mol. The number of imidazole rings is 1. The number of rotatable bonds is 6. The molecule has 2 aromatic rings. The van der Waals surface area contributed by atoms with Gasteiger partial charge in [-0.1, -0.05) is 0 Å². The number of piperidine rings is 1. The molecule has 1 aromatic carbocycles. The summed E-state index contributed by atoms with van der Waals surface area (Å²) in [5.41, 5.74) is 0.744. The van der Waals surface area contributed by atoms with Crippen LogP contribution >= 0.6 is 0 Å². The summed E-state index contributed by atoms with van der Waals surface area (Å²) >= 11 is 0. The minimum atomic E-state index is -0.221. The number of aromatic nitrogens is 2. The predicted molar refractivity (Wildman–Crippen MR) is 102 cm³/mol. The monoisotopic (exact) mass is 357 g/mol. The molecule has 2 N–H and O–H groups in total. The number of likely N-dealkylation sites (tertiary alicyclic amines) is 1. The van der Waals surface area contributed by atoms with Crippen molar-refractivity contribution in [2.75, 3.05) is 32.0 Å². The lowest BCUT2D eigenvalue weighted by molar-refractivity contribution is 0.114. The van der Waals surface area contributed by atoms with Crippen LogP contribution in [0.3, 0.4) is 0 Å². The summed E-state index contributed by atoms with van der Waals surface area (Å²) < 4.78 is 7.97. The summed E-state index contributed by atoms with van der Waals surface area (Å²) in [5.74, 6) is 0.847. The second-order valence-corrected chi connectivity index (χ2v) is 6.84. The molecule has 1 saturated heterocycles. The standard InChI is InChI=1S/C19H27N5O2/c1-15(24-12-9-20-14-24)13-21-19(25)22-16-3-5-17(6-4-16)26-18-7-10-23(2)11-8-18/h3-6,9,12,14-15,18H,7-8,10-11,13H2,1-2H3,(H2,21,22,25)/t15-/m1/s1. The van der Waals surface area contributed by atoms with Crippen LogP contribution in [0.2, 0.25) is 0 Å². The highest BCUT2D eigenvalue weighted by Gasteiger charge is 2.17. The first-order chi connectivity index (χ1) is 12.6. The molecule has 1 aliphatic heterocycles. The van der Waals surface area contributed by atoms with E-state index in [9.17, 15) is 4.79 Å². The maximum absolute atomic E-state index is 12.0. The molecule has 7 heteroatoms. The molecule has 0 aliphatic carbocycles. The first kappa shape index (κ1) is 18.3. The number of benzene rings is 1. The maximum atomic E-state index is 12.0. The lowest BCUT2D eigenvalue weighted by atomic mass is 10.1. The molecule has 1 atom stereocenters. The van der Waals surface area contributed by atoms with Crippen molar-refractivity contribution in [3.05, 3.63) is 43.0 Å². The van der Waals surface area contributed by atoms with Gasteiger partial charge in [0.2, 0.25) is 0 Å². The van der Waals surface area contributed by atoms with Crippen LogP contribution in [0.1, 0.15) is 25.8 Å². The predicted octanol–water partition coefficient (Wildman–Crippen LogP) is 2.74. The van der Waals surface area contributed by atoms with E-state index in [0.29, 0.717) is 6.54 Å². The fourth-order valence-electron chi connectivity index (χ4n) is 2.96. The average Bonchev–Trinajstić information content (AvgIpc) is 3.18. The van der Waals surface area contributed by atoms with Crippen molar-refractivity contribution in [3.63, 3.8) is 0 Å². The van der Waals surface area contributed by atoms with Gasteiger partial charge < -0.3 is 24.8 Å². The molecule has 0 radical (unpaired) electrons. The number of nitrogens with zero attached hydrogens (tertiary/aromatic N) is 3. The molecule has 26 heavy (non-hydrogen) atoms. The van der Waals surface area contributed by atoms with Crippen LogP contribution in [0, 0.1) is 0 Å². The number of carbonyl (C=O) groups excluding carboxylic acids is 1. The molecule has 0 unspecified atom stereocenters. The van der Waals surface area contributed by atoms with Crippen LogP contribution in [0.15, 0.2) is 43.0 Å². The van der Waals surface area contributed by atoms with Crippen molar-refractivity contribution >= 4 is 11.7 Å². The fourth-order valence-corrected chi connectivity index (χ4v) is 2.96. The number of nitrogens with one attached hydrogen (secondary N) is 2. The van der Waals surface area contributed by atoms with Crippen molar-refractivity contribution in [3.8, 4) is 5.75 Å². The summed E-state index contributed by atoms with van der Waals surface area (Å²) in [6, 6.07) is 7.46. The third-order valence-corrected chi connectivity index (χ3v) is 4.67. The molecule has 0 bridgehead atoms. The Labute approximate surface area is 154 Å². The van der Waals surface area contributed by atoms with Gasteiger partial charge in [0.15, 0.2) is 0 Å². The third-order valence-electron chi connectivity index (χ3n) is 4.67. The summed E-state index contributed by atoms with van der Waals surface area (Å²) in [6.45, 7) is 4.70. The topological polar surface area (TPSA) is 71.4 Å². The second kappa shape index (κ2) is 8.71. The lowest BCUT2D eigenvalue weighted by Gasteiger charge is -2.29. The molecule has 0 spiro atoms. The van der Waals surface area contributed by atoms with E-state index < -0.39 is 0 Å². The van der Waals surface area contributed by atoms with Crippen molar-refractivity contribution in [1.29, 1.82) is 0 Å². The number of carbonyl (C=O) groups is 1. The van der Waals surface area contributed by atoms with E-state index in [-0.39, 0.29) is 18.2 Å². The zero-order valence-electron chi connectivity index (χ0n) is 15.4. The largest absolute Gasteiger partial charge is 0.490 e. The molecule has 1 aliphatic rings. The summed E-state index contributed by atoms with van der Waals surface area (Å²) in [5, 5.41) is 5.71. The van der Waals surface area contributed by atoms with Crippen LogP contribution in [-0.2, 0) is 0 Å². The highest BCUT2D eigenvalue weighted by atomic mass is 16.5. The van der Waals surface area contributed by atoms with Gasteiger partial charge in [-0.25, -0.2) is 9.78 Å². The van der Waals surface area contributed by atoms with Crippen LogP contribution in [0.4, 0.5) is 10.5 Å². The normalized spacial score (nSPS) is 16.8. The van der Waals surface area contributed by atoms with E-state index in [0.717, 1.165) is 37.4 Å². The smallest absolute Gasteiger partial charge is 0.319 e. The van der Waals surface area contributed by atoms with Crippen molar-refractivity contribution in [1.82, 2.24) is 19.8 Å². The molecule has 2 heterocycles. The van der Waals surface area contributed by atoms with Gasteiger partial charge in [-0.3, -0.25) is 0 Å². The Morgan fingerprint density at radius 2 is 2.04 bits per heavy atom. The van der Waals surface area contributed by atoms with Crippen LogP contribution in [-0.4, -0.2) is 53.3 Å². The van der Waals surface area contributed by atoms with Crippen molar-refractivity contribution < 1.29 is 9.53 Å². The lowest BCUT2D eigenvalue weighted by Crippen LogP contribution is -2.35. The fraction of sp³-hybridized carbons (Fsp3) is 0.474. The van der Waals surface area contributed by atoms with Gasteiger partial charge in [0.1, 0.15) is 11.9 Å². The molecular formula is C19H27N5O2. The van der Waals surface area contributed by atoms with Gasteiger partial charge >= 0.3 is 6.03 Å². The second-order valence-electron chi connectivity index (χ2n) is 6.84. The molecule has 7 nitrogen and oxygen atoms in total. The molecule has 3 rings (SSSR count). The molecule has 2 amide bonds. The minimum Gasteiger partial charge on any atom is -0.490 e. The Balaban J connectivity index is 1.42. The Bertz CT molecular complexity index is 678. The Morgan fingerprint density at radius 3 is 2.69 bits per heavy atom. The quantitative estimate of drug-likeness (QED) is 0.834. The van der Waals surface area contributed by atoms with Gasteiger partial charge in [0.05, 0.1) is 6.33 Å². The van der Waals surface area contributed by atoms with E-state index in [1.54, 1.807) is 12.5 Å². The van der Waals surface area contributed by atoms with Gasteiger partial charge in [0.25, 0.3) is 0 Å².